The third-order valence-electron chi connectivity index (χ3n) is 1.28. The summed E-state index contributed by atoms with van der Waals surface area (Å²) in [6.07, 6.45) is 0. The average Bonchev–Trinajstić information content (AvgIpc) is 2.13. The van der Waals surface area contributed by atoms with Gasteiger partial charge in [-0.25, -0.2) is 4.79 Å². The van der Waals surface area contributed by atoms with Gasteiger partial charge in [-0.05, 0) is 6.92 Å². The predicted molar refractivity (Wildman–Crippen MR) is 47.8 cm³/mol. The summed E-state index contributed by atoms with van der Waals surface area (Å²) in [5.74, 6) is -2.64. The van der Waals surface area contributed by atoms with E-state index in [4.69, 9.17) is 0 Å². The van der Waals surface area contributed by atoms with Crippen molar-refractivity contribution in [2.24, 2.45) is 5.92 Å². The average molecular weight is 202 g/mol. The Labute approximate surface area is 82.0 Å². The first-order chi connectivity index (χ1) is 6.49. The number of hydrogen-bond acceptors (Lipinski definition) is 4. The van der Waals surface area contributed by atoms with Crippen molar-refractivity contribution in [2.75, 3.05) is 6.61 Å². The Morgan fingerprint density at radius 1 is 1.21 bits per heavy atom. The Balaban J connectivity index is 3.85. The van der Waals surface area contributed by atoms with Gasteiger partial charge in [0, 0.05) is 5.92 Å². The van der Waals surface area contributed by atoms with E-state index in [1.807, 2.05) is 5.43 Å². The van der Waals surface area contributed by atoms with Crippen LogP contribution >= 0.6 is 0 Å². The van der Waals surface area contributed by atoms with Crippen molar-refractivity contribution in [1.29, 1.82) is 0 Å². The molecule has 2 amide bonds. The van der Waals surface area contributed by atoms with Gasteiger partial charge >= 0.3 is 11.9 Å². The lowest BCUT2D eigenvalue weighted by atomic mass is 10.2. The zero-order valence-electron chi connectivity index (χ0n) is 8.42. The third-order valence-corrected chi connectivity index (χ3v) is 1.28. The lowest BCUT2D eigenvalue weighted by Crippen LogP contribution is -2.46. The number of esters is 1. The molecule has 0 aromatic heterocycles. The molecule has 6 heteroatoms. The summed E-state index contributed by atoms with van der Waals surface area (Å²) in [5.41, 5.74) is 4.02. The fourth-order valence-corrected chi connectivity index (χ4v) is 0.510. The number of carbonyl (C=O) groups is 3. The van der Waals surface area contributed by atoms with Crippen molar-refractivity contribution in [1.82, 2.24) is 10.9 Å². The molecule has 0 heterocycles. The molecule has 80 valence electrons. The van der Waals surface area contributed by atoms with E-state index in [1.165, 1.54) is 0 Å². The molecule has 0 saturated heterocycles. The number of hydrogen-bond donors (Lipinski definition) is 2. The van der Waals surface area contributed by atoms with Crippen LogP contribution in [0.1, 0.15) is 20.8 Å². The lowest BCUT2D eigenvalue weighted by Gasteiger charge is -2.07. The van der Waals surface area contributed by atoms with Crippen LogP contribution in [0, 0.1) is 5.92 Å². The standard InChI is InChI=1S/C8H14N2O4/c1-4-14-8(13)7(12)10-9-6(11)5(2)3/h5H,4H2,1-3H3,(H,9,11)(H,10,12). The largest absolute Gasteiger partial charge is 0.459 e. The summed E-state index contributed by atoms with van der Waals surface area (Å²) in [6.45, 7) is 5.01. The minimum Gasteiger partial charge on any atom is -0.459 e. The second kappa shape index (κ2) is 5.95. The van der Waals surface area contributed by atoms with Gasteiger partial charge in [0.25, 0.3) is 0 Å². The van der Waals surface area contributed by atoms with Gasteiger partial charge in [-0.15, -0.1) is 0 Å². The normalized spacial score (nSPS) is 9.43. The fourth-order valence-electron chi connectivity index (χ4n) is 0.510. The summed E-state index contributed by atoms with van der Waals surface area (Å²) in [7, 11) is 0. The quantitative estimate of drug-likeness (QED) is 0.354. The van der Waals surface area contributed by atoms with Crippen molar-refractivity contribution < 1.29 is 19.1 Å². The maximum atomic E-state index is 10.9. The van der Waals surface area contributed by atoms with E-state index in [0.29, 0.717) is 0 Å². The molecule has 0 bridgehead atoms. The summed E-state index contributed by atoms with van der Waals surface area (Å²) in [6, 6.07) is 0. The maximum Gasteiger partial charge on any atom is 0.398 e. The van der Waals surface area contributed by atoms with Crippen LogP contribution in [-0.2, 0) is 19.1 Å². The molecule has 0 radical (unpaired) electrons. The van der Waals surface area contributed by atoms with Gasteiger partial charge in [0.15, 0.2) is 0 Å². The maximum absolute atomic E-state index is 10.9. The molecule has 0 aromatic rings. The number of rotatable bonds is 2. The van der Waals surface area contributed by atoms with Crippen LogP contribution in [0.2, 0.25) is 0 Å². The molecular formula is C8H14N2O4. The minimum absolute atomic E-state index is 0.115. The number of carbonyl (C=O) groups excluding carboxylic acids is 3. The monoisotopic (exact) mass is 202 g/mol. The highest BCUT2D eigenvalue weighted by atomic mass is 16.5. The summed E-state index contributed by atoms with van der Waals surface area (Å²) < 4.78 is 4.39. The highest BCUT2D eigenvalue weighted by Gasteiger charge is 2.15. The number of ether oxygens (including phenoxy) is 1. The molecule has 0 aromatic carbocycles. The van der Waals surface area contributed by atoms with Crippen LogP contribution in [0.5, 0.6) is 0 Å². The molecule has 0 aliphatic rings. The van der Waals surface area contributed by atoms with E-state index in [2.05, 4.69) is 10.2 Å². The van der Waals surface area contributed by atoms with Crippen molar-refractivity contribution in [3.8, 4) is 0 Å². The first-order valence-corrected chi connectivity index (χ1v) is 4.26. The molecule has 2 N–H and O–H groups in total. The third kappa shape index (κ3) is 4.44. The molecule has 14 heavy (non-hydrogen) atoms. The summed E-state index contributed by atoms with van der Waals surface area (Å²) in [5, 5.41) is 0. The van der Waals surface area contributed by atoms with Gasteiger partial charge in [-0.2, -0.15) is 0 Å². The van der Waals surface area contributed by atoms with Crippen LogP contribution in [0.4, 0.5) is 0 Å². The van der Waals surface area contributed by atoms with Crippen molar-refractivity contribution in [3.63, 3.8) is 0 Å². The zero-order chi connectivity index (χ0) is 11.1. The number of amides is 2. The van der Waals surface area contributed by atoms with Crippen LogP contribution in [0.25, 0.3) is 0 Å². The molecular weight excluding hydrogens is 188 g/mol. The van der Waals surface area contributed by atoms with Crippen LogP contribution < -0.4 is 10.9 Å². The number of hydrazine groups is 1. The second-order valence-corrected chi connectivity index (χ2v) is 2.82. The van der Waals surface area contributed by atoms with Crippen molar-refractivity contribution >= 4 is 17.8 Å². The second-order valence-electron chi connectivity index (χ2n) is 2.82. The van der Waals surface area contributed by atoms with Gasteiger partial charge in [-0.3, -0.25) is 20.4 Å². The lowest BCUT2D eigenvalue weighted by molar-refractivity contribution is -0.155. The van der Waals surface area contributed by atoms with Crippen LogP contribution in [-0.4, -0.2) is 24.4 Å². The first kappa shape index (κ1) is 12.4. The van der Waals surface area contributed by atoms with E-state index in [-0.39, 0.29) is 18.4 Å². The van der Waals surface area contributed by atoms with E-state index in [9.17, 15) is 14.4 Å². The Kier molecular flexibility index (Phi) is 5.28. The Hall–Kier alpha value is -1.59. The molecule has 0 rings (SSSR count). The highest BCUT2D eigenvalue weighted by Crippen LogP contribution is 1.88. The Morgan fingerprint density at radius 3 is 2.21 bits per heavy atom. The van der Waals surface area contributed by atoms with E-state index in [0.717, 1.165) is 0 Å². The van der Waals surface area contributed by atoms with Gasteiger partial charge in [0.2, 0.25) is 5.91 Å². The Bertz CT molecular complexity index is 237. The Morgan fingerprint density at radius 2 is 1.79 bits per heavy atom. The smallest absolute Gasteiger partial charge is 0.398 e. The van der Waals surface area contributed by atoms with E-state index < -0.39 is 11.9 Å². The topological polar surface area (TPSA) is 84.5 Å². The highest BCUT2D eigenvalue weighted by molar-refractivity contribution is 6.32. The number of nitrogens with one attached hydrogen (secondary N) is 2. The molecule has 0 aliphatic carbocycles. The van der Waals surface area contributed by atoms with Gasteiger partial charge in [0.1, 0.15) is 0 Å². The van der Waals surface area contributed by atoms with E-state index in [1.54, 1.807) is 20.8 Å². The first-order valence-electron chi connectivity index (χ1n) is 4.26. The minimum atomic E-state index is -1.02. The molecule has 0 atom stereocenters. The van der Waals surface area contributed by atoms with Gasteiger partial charge in [0.05, 0.1) is 6.61 Å². The molecule has 0 aliphatic heterocycles. The van der Waals surface area contributed by atoms with Gasteiger partial charge < -0.3 is 4.74 Å². The SMILES string of the molecule is CCOC(=O)C(=O)NNC(=O)C(C)C. The molecule has 0 saturated carbocycles. The summed E-state index contributed by atoms with van der Waals surface area (Å²) >= 11 is 0. The molecule has 6 nitrogen and oxygen atoms in total. The van der Waals surface area contributed by atoms with Crippen LogP contribution in [0.3, 0.4) is 0 Å². The van der Waals surface area contributed by atoms with Crippen molar-refractivity contribution in [2.45, 2.75) is 20.8 Å². The molecule has 0 fully saturated rings. The van der Waals surface area contributed by atoms with E-state index >= 15 is 0 Å². The van der Waals surface area contributed by atoms with Crippen LogP contribution in [0.15, 0.2) is 0 Å². The molecule has 0 unspecified atom stereocenters. The zero-order valence-corrected chi connectivity index (χ0v) is 8.42. The van der Waals surface area contributed by atoms with Gasteiger partial charge in [-0.1, -0.05) is 13.8 Å². The molecule has 0 spiro atoms. The van der Waals surface area contributed by atoms with Crippen molar-refractivity contribution in [3.05, 3.63) is 0 Å². The summed E-state index contributed by atoms with van der Waals surface area (Å²) in [4.78, 5) is 32.5. The predicted octanol–water partition coefficient (Wildman–Crippen LogP) is -0.647. The fraction of sp³-hybridized carbons (Fsp3) is 0.625.